The molecule has 2 N–H and O–H groups in total. The SMILES string of the molecule is CCCCN(C(=O)c1c(C)cc(C(=O)O)nc1OC)N1CCC(N(Cc2ccsc2)C(=O)NC)CC1. The lowest BCUT2D eigenvalue weighted by Crippen LogP contribution is -2.55. The summed E-state index contributed by atoms with van der Waals surface area (Å²) in [6.07, 6.45) is 3.17. The number of aromatic nitrogens is 1. The summed E-state index contributed by atoms with van der Waals surface area (Å²) in [6, 6.07) is 3.37. The molecule has 0 unspecified atom stereocenters. The molecule has 2 aromatic rings. The van der Waals surface area contributed by atoms with Crippen LogP contribution < -0.4 is 10.1 Å². The Bertz CT molecular complexity index is 1050. The maximum atomic E-state index is 13.8. The van der Waals surface area contributed by atoms with E-state index in [1.807, 2.05) is 21.4 Å². The van der Waals surface area contributed by atoms with Crippen LogP contribution in [0.3, 0.4) is 0 Å². The Balaban J connectivity index is 1.80. The maximum absolute atomic E-state index is 13.8. The zero-order valence-electron chi connectivity index (χ0n) is 21.3. The normalized spacial score (nSPS) is 14.3. The molecule has 0 saturated carbocycles. The summed E-state index contributed by atoms with van der Waals surface area (Å²) in [7, 11) is 3.02. The van der Waals surface area contributed by atoms with E-state index in [4.69, 9.17) is 4.74 Å². The number of aryl methyl sites for hydroxylation is 1. The molecule has 3 heterocycles. The third-order valence-electron chi connectivity index (χ3n) is 6.40. The van der Waals surface area contributed by atoms with E-state index in [2.05, 4.69) is 22.6 Å². The molecule has 0 radical (unpaired) electrons. The number of ether oxygens (including phenoxy) is 1. The van der Waals surface area contributed by atoms with Gasteiger partial charge in [0, 0.05) is 39.3 Å². The summed E-state index contributed by atoms with van der Waals surface area (Å²) in [5.41, 5.74) is 1.71. The van der Waals surface area contributed by atoms with Crippen LogP contribution in [-0.2, 0) is 6.54 Å². The predicted molar refractivity (Wildman–Crippen MR) is 137 cm³/mol. The van der Waals surface area contributed by atoms with Crippen molar-refractivity contribution < 1.29 is 24.2 Å². The summed E-state index contributed by atoms with van der Waals surface area (Å²) < 4.78 is 5.33. The molecule has 0 aromatic carbocycles. The molecule has 36 heavy (non-hydrogen) atoms. The van der Waals surface area contributed by atoms with Gasteiger partial charge in [-0.05, 0) is 60.2 Å². The van der Waals surface area contributed by atoms with Crippen LogP contribution in [0.2, 0.25) is 0 Å². The number of aromatic carboxylic acids is 1. The number of methoxy groups -OCH3 is 1. The number of amides is 3. The minimum Gasteiger partial charge on any atom is -0.480 e. The van der Waals surface area contributed by atoms with Gasteiger partial charge in [-0.25, -0.2) is 19.6 Å². The molecule has 2 aromatic heterocycles. The van der Waals surface area contributed by atoms with Gasteiger partial charge in [0.25, 0.3) is 5.91 Å². The first-order valence-corrected chi connectivity index (χ1v) is 13.1. The molecule has 3 rings (SSSR count). The summed E-state index contributed by atoms with van der Waals surface area (Å²) in [5.74, 6) is -1.43. The van der Waals surface area contributed by atoms with Crippen molar-refractivity contribution >= 4 is 29.2 Å². The van der Waals surface area contributed by atoms with Crippen molar-refractivity contribution in [1.82, 2.24) is 25.2 Å². The van der Waals surface area contributed by atoms with E-state index in [1.54, 1.807) is 30.3 Å². The van der Waals surface area contributed by atoms with Gasteiger partial charge in [0.2, 0.25) is 5.88 Å². The standard InChI is InChI=1S/C25H35N5O5S/c1-5-6-10-30(23(31)21-17(2)14-20(24(32)33)27-22(21)35-4)28-11-7-19(8-12-28)29(25(34)26-3)15-18-9-13-36-16-18/h9,13-14,16,19H,5-8,10-12,15H2,1-4H3,(H,26,34)(H,32,33). The number of nitrogens with one attached hydrogen (secondary N) is 1. The number of urea groups is 1. The Morgan fingerprint density at radius 1 is 1.31 bits per heavy atom. The van der Waals surface area contributed by atoms with Gasteiger partial charge in [0.1, 0.15) is 5.56 Å². The molecule has 1 aliphatic rings. The Labute approximate surface area is 215 Å². The van der Waals surface area contributed by atoms with Crippen LogP contribution in [0.1, 0.15) is 64.6 Å². The smallest absolute Gasteiger partial charge is 0.354 e. The zero-order chi connectivity index (χ0) is 26.2. The fraction of sp³-hybridized carbons (Fsp3) is 0.520. The lowest BCUT2D eigenvalue weighted by atomic mass is 10.0. The first-order valence-electron chi connectivity index (χ1n) is 12.2. The topological polar surface area (TPSA) is 115 Å². The minimum absolute atomic E-state index is 0.00957. The van der Waals surface area contributed by atoms with Crippen LogP contribution in [0.15, 0.2) is 22.9 Å². The molecular weight excluding hydrogens is 482 g/mol. The van der Waals surface area contributed by atoms with Crippen LogP contribution in [-0.4, -0.2) is 82.7 Å². The Morgan fingerprint density at radius 2 is 2.03 bits per heavy atom. The van der Waals surface area contributed by atoms with Crippen molar-refractivity contribution in [2.45, 2.75) is 52.1 Å². The zero-order valence-corrected chi connectivity index (χ0v) is 22.1. The van der Waals surface area contributed by atoms with E-state index >= 15 is 0 Å². The molecule has 196 valence electrons. The second-order valence-electron chi connectivity index (χ2n) is 8.80. The molecule has 0 spiro atoms. The Morgan fingerprint density at radius 3 is 2.58 bits per heavy atom. The van der Waals surface area contributed by atoms with Gasteiger partial charge in [-0.2, -0.15) is 11.3 Å². The van der Waals surface area contributed by atoms with Crippen molar-refractivity contribution in [3.8, 4) is 5.88 Å². The van der Waals surface area contributed by atoms with Gasteiger partial charge in [-0.15, -0.1) is 0 Å². The first-order chi connectivity index (χ1) is 17.3. The molecule has 11 heteroatoms. The molecule has 1 aliphatic heterocycles. The van der Waals surface area contributed by atoms with Crippen LogP contribution >= 0.6 is 11.3 Å². The van der Waals surface area contributed by atoms with E-state index in [0.717, 1.165) is 31.2 Å². The van der Waals surface area contributed by atoms with Crippen molar-refractivity contribution in [3.63, 3.8) is 0 Å². The van der Waals surface area contributed by atoms with Crippen LogP contribution in [0, 0.1) is 6.92 Å². The molecule has 1 fully saturated rings. The van der Waals surface area contributed by atoms with E-state index in [1.165, 1.54) is 13.2 Å². The number of rotatable bonds is 10. The van der Waals surface area contributed by atoms with E-state index < -0.39 is 5.97 Å². The number of carboxylic acid groups (broad SMARTS) is 1. The van der Waals surface area contributed by atoms with Crippen molar-refractivity contribution in [2.75, 3.05) is 33.8 Å². The van der Waals surface area contributed by atoms with Gasteiger partial charge in [0.15, 0.2) is 5.69 Å². The number of hydrogen-bond donors (Lipinski definition) is 2. The fourth-order valence-electron chi connectivity index (χ4n) is 4.46. The van der Waals surface area contributed by atoms with Crippen molar-refractivity contribution in [1.29, 1.82) is 0 Å². The second kappa shape index (κ2) is 12.7. The minimum atomic E-state index is -1.18. The lowest BCUT2D eigenvalue weighted by Gasteiger charge is -2.42. The molecule has 0 bridgehead atoms. The highest BCUT2D eigenvalue weighted by atomic mass is 32.1. The number of nitrogens with zero attached hydrogens (tertiary/aromatic N) is 4. The average Bonchev–Trinajstić information content (AvgIpc) is 3.40. The number of unbranched alkanes of at least 4 members (excludes halogenated alkanes) is 1. The highest BCUT2D eigenvalue weighted by molar-refractivity contribution is 7.07. The third kappa shape index (κ3) is 6.33. The van der Waals surface area contributed by atoms with Crippen molar-refractivity contribution in [2.24, 2.45) is 0 Å². The molecule has 3 amide bonds. The van der Waals surface area contributed by atoms with Crippen LogP contribution in [0.4, 0.5) is 4.79 Å². The van der Waals surface area contributed by atoms with Gasteiger partial charge < -0.3 is 20.1 Å². The van der Waals surface area contributed by atoms with Crippen molar-refractivity contribution in [3.05, 3.63) is 45.3 Å². The highest BCUT2D eigenvalue weighted by Crippen LogP contribution is 2.27. The summed E-state index contributed by atoms with van der Waals surface area (Å²) >= 11 is 1.61. The second-order valence-corrected chi connectivity index (χ2v) is 9.58. The number of hydrogen-bond acceptors (Lipinski definition) is 7. The lowest BCUT2D eigenvalue weighted by molar-refractivity contribution is -0.0346. The average molecular weight is 518 g/mol. The molecule has 10 nitrogen and oxygen atoms in total. The molecule has 0 atom stereocenters. The van der Waals surface area contributed by atoms with E-state index in [0.29, 0.717) is 31.7 Å². The number of carbonyl (C=O) groups is 3. The first kappa shape index (κ1) is 27.4. The monoisotopic (exact) mass is 517 g/mol. The number of piperidine rings is 1. The number of hydrazine groups is 1. The predicted octanol–water partition coefficient (Wildman–Crippen LogP) is 3.62. The van der Waals surface area contributed by atoms with Gasteiger partial charge in [-0.1, -0.05) is 13.3 Å². The number of carbonyl (C=O) groups excluding carboxylic acids is 2. The third-order valence-corrected chi connectivity index (χ3v) is 7.13. The molecule has 1 saturated heterocycles. The fourth-order valence-corrected chi connectivity index (χ4v) is 5.12. The van der Waals surface area contributed by atoms with Gasteiger partial charge in [0.05, 0.1) is 7.11 Å². The number of pyridine rings is 1. The largest absolute Gasteiger partial charge is 0.480 e. The van der Waals surface area contributed by atoms with E-state index in [-0.39, 0.29) is 35.1 Å². The summed E-state index contributed by atoms with van der Waals surface area (Å²) in [4.78, 5) is 43.7. The Kier molecular flexibility index (Phi) is 9.65. The van der Waals surface area contributed by atoms with E-state index in [9.17, 15) is 19.5 Å². The number of thiophene rings is 1. The summed E-state index contributed by atoms with van der Waals surface area (Å²) in [5, 5.41) is 19.9. The summed E-state index contributed by atoms with van der Waals surface area (Å²) in [6.45, 7) is 6.05. The Hall–Kier alpha value is -3.18. The number of carboxylic acids is 1. The highest BCUT2D eigenvalue weighted by Gasteiger charge is 2.33. The van der Waals surface area contributed by atoms with Crippen LogP contribution in [0.5, 0.6) is 5.88 Å². The van der Waals surface area contributed by atoms with Gasteiger partial charge >= 0.3 is 12.0 Å². The van der Waals surface area contributed by atoms with Gasteiger partial charge in [-0.3, -0.25) is 9.80 Å². The quantitative estimate of drug-likeness (QED) is 0.495. The van der Waals surface area contributed by atoms with Crippen LogP contribution in [0.25, 0.3) is 0 Å². The molecular formula is C25H35N5O5S. The molecule has 0 aliphatic carbocycles. The maximum Gasteiger partial charge on any atom is 0.354 e.